The molecular weight excluding hydrogens is 235 g/mol. The average Bonchev–Trinajstić information content (AvgIpc) is 2.79. The van der Waals surface area contributed by atoms with E-state index in [0.717, 1.165) is 6.54 Å². The molecule has 2 rings (SSSR count). The Labute approximate surface area is 105 Å². The zero-order chi connectivity index (χ0) is 13.1. The van der Waals surface area contributed by atoms with Gasteiger partial charge in [-0.15, -0.1) is 0 Å². The first-order valence-corrected chi connectivity index (χ1v) is 5.78. The fraction of sp³-hybridized carbons (Fsp3) is 0.308. The van der Waals surface area contributed by atoms with Crippen LogP contribution in [0.25, 0.3) is 0 Å². The highest BCUT2D eigenvalue weighted by Crippen LogP contribution is 2.26. The van der Waals surface area contributed by atoms with E-state index in [4.69, 9.17) is 4.74 Å². The number of aliphatic hydroxyl groups is 1. The largest absolute Gasteiger partial charge is 0.451 e. The van der Waals surface area contributed by atoms with E-state index < -0.39 is 11.9 Å². The molecule has 96 valence electrons. The Kier molecular flexibility index (Phi) is 3.62. The maximum Gasteiger partial charge on any atom is 0.166 e. The van der Waals surface area contributed by atoms with E-state index in [1.54, 1.807) is 23.9 Å². The van der Waals surface area contributed by atoms with Crippen LogP contribution in [0.3, 0.4) is 0 Å². The third-order valence-electron chi connectivity index (χ3n) is 2.60. The molecule has 1 aromatic heterocycles. The van der Waals surface area contributed by atoms with Crippen molar-refractivity contribution in [2.24, 2.45) is 0 Å². The van der Waals surface area contributed by atoms with Gasteiger partial charge in [0, 0.05) is 6.54 Å². The quantitative estimate of drug-likeness (QED) is 0.907. The molecule has 5 heteroatoms. The number of ether oxygens (including phenoxy) is 1. The second-order valence-electron chi connectivity index (χ2n) is 4.00. The van der Waals surface area contributed by atoms with Crippen molar-refractivity contribution in [2.45, 2.75) is 26.5 Å². The Balaban J connectivity index is 2.19. The normalized spacial score (nSPS) is 12.4. The van der Waals surface area contributed by atoms with Crippen LogP contribution >= 0.6 is 0 Å². The molecule has 0 aliphatic heterocycles. The van der Waals surface area contributed by atoms with Gasteiger partial charge in [-0.05, 0) is 31.5 Å². The molecule has 4 nitrogen and oxygen atoms in total. The zero-order valence-electron chi connectivity index (χ0n) is 10.3. The third-order valence-corrected chi connectivity index (χ3v) is 2.60. The Morgan fingerprint density at radius 1 is 1.50 bits per heavy atom. The summed E-state index contributed by atoms with van der Waals surface area (Å²) in [5.74, 6) is 0.105. The summed E-state index contributed by atoms with van der Waals surface area (Å²) in [4.78, 5) is 0. The standard InChI is InChI=1S/C13H15FN2O2/c1-3-16-8-11(7-15-16)18-13-5-4-10(9(2)17)6-12(13)14/h4-9,17H,3H2,1-2H3. The maximum absolute atomic E-state index is 13.7. The number of benzene rings is 1. The fourth-order valence-electron chi connectivity index (χ4n) is 1.56. The Morgan fingerprint density at radius 3 is 2.83 bits per heavy atom. The molecule has 0 aliphatic carbocycles. The van der Waals surface area contributed by atoms with Gasteiger partial charge < -0.3 is 9.84 Å². The van der Waals surface area contributed by atoms with Crippen molar-refractivity contribution in [2.75, 3.05) is 0 Å². The van der Waals surface area contributed by atoms with Crippen LogP contribution < -0.4 is 4.74 Å². The van der Waals surface area contributed by atoms with E-state index in [-0.39, 0.29) is 5.75 Å². The van der Waals surface area contributed by atoms with E-state index in [1.165, 1.54) is 18.3 Å². The number of hydrogen-bond donors (Lipinski definition) is 1. The molecule has 0 bridgehead atoms. The molecule has 0 saturated carbocycles. The Morgan fingerprint density at radius 2 is 2.28 bits per heavy atom. The van der Waals surface area contributed by atoms with Gasteiger partial charge >= 0.3 is 0 Å². The number of halogens is 1. The van der Waals surface area contributed by atoms with Crippen molar-refractivity contribution >= 4 is 0 Å². The molecule has 0 radical (unpaired) electrons. The van der Waals surface area contributed by atoms with Crippen LogP contribution in [0.1, 0.15) is 25.5 Å². The van der Waals surface area contributed by atoms with Gasteiger partial charge in [0.2, 0.25) is 0 Å². The first-order chi connectivity index (χ1) is 8.60. The van der Waals surface area contributed by atoms with Crippen molar-refractivity contribution < 1.29 is 14.2 Å². The highest BCUT2D eigenvalue weighted by Gasteiger charge is 2.09. The first-order valence-electron chi connectivity index (χ1n) is 5.78. The van der Waals surface area contributed by atoms with Crippen LogP contribution in [0.4, 0.5) is 4.39 Å². The van der Waals surface area contributed by atoms with Gasteiger partial charge in [0.15, 0.2) is 17.3 Å². The number of aromatic nitrogens is 2. The summed E-state index contributed by atoms with van der Waals surface area (Å²) in [7, 11) is 0. The summed E-state index contributed by atoms with van der Waals surface area (Å²) in [6, 6.07) is 4.40. The second-order valence-corrected chi connectivity index (χ2v) is 4.00. The molecule has 0 aliphatic rings. The first kappa shape index (κ1) is 12.6. The van der Waals surface area contributed by atoms with E-state index in [9.17, 15) is 9.50 Å². The van der Waals surface area contributed by atoms with Gasteiger partial charge in [0.25, 0.3) is 0 Å². The molecule has 1 N–H and O–H groups in total. The fourth-order valence-corrected chi connectivity index (χ4v) is 1.56. The summed E-state index contributed by atoms with van der Waals surface area (Å²) >= 11 is 0. The summed E-state index contributed by atoms with van der Waals surface area (Å²) in [6.45, 7) is 4.27. The van der Waals surface area contributed by atoms with Gasteiger partial charge in [-0.2, -0.15) is 5.10 Å². The van der Waals surface area contributed by atoms with Crippen LogP contribution in [-0.4, -0.2) is 14.9 Å². The van der Waals surface area contributed by atoms with Gasteiger partial charge in [-0.25, -0.2) is 4.39 Å². The van der Waals surface area contributed by atoms with Crippen molar-refractivity contribution in [1.82, 2.24) is 9.78 Å². The van der Waals surface area contributed by atoms with Crippen molar-refractivity contribution in [3.05, 3.63) is 42.0 Å². The van der Waals surface area contributed by atoms with E-state index in [0.29, 0.717) is 11.3 Å². The molecule has 18 heavy (non-hydrogen) atoms. The Bertz CT molecular complexity index is 538. The molecule has 0 saturated heterocycles. The highest BCUT2D eigenvalue weighted by molar-refractivity contribution is 5.33. The average molecular weight is 250 g/mol. The SMILES string of the molecule is CCn1cc(Oc2ccc(C(C)O)cc2F)cn1. The Hall–Kier alpha value is -1.88. The summed E-state index contributed by atoms with van der Waals surface area (Å²) in [5, 5.41) is 13.4. The van der Waals surface area contributed by atoms with Crippen LogP contribution in [-0.2, 0) is 6.54 Å². The molecular formula is C13H15FN2O2. The summed E-state index contributed by atoms with van der Waals surface area (Å²) in [5.41, 5.74) is 0.518. The zero-order valence-corrected chi connectivity index (χ0v) is 10.3. The number of hydrogen-bond acceptors (Lipinski definition) is 3. The van der Waals surface area contributed by atoms with Crippen LogP contribution in [0, 0.1) is 5.82 Å². The molecule has 1 atom stereocenters. The lowest BCUT2D eigenvalue weighted by Crippen LogP contribution is -1.94. The van der Waals surface area contributed by atoms with E-state index >= 15 is 0 Å². The molecule has 0 fully saturated rings. The smallest absolute Gasteiger partial charge is 0.166 e. The van der Waals surface area contributed by atoms with Crippen LogP contribution in [0.5, 0.6) is 11.5 Å². The lowest BCUT2D eigenvalue weighted by molar-refractivity contribution is 0.198. The van der Waals surface area contributed by atoms with Gasteiger partial charge in [0.05, 0.1) is 18.5 Å². The van der Waals surface area contributed by atoms with Gasteiger partial charge in [0.1, 0.15) is 0 Å². The highest BCUT2D eigenvalue weighted by atomic mass is 19.1. The minimum absolute atomic E-state index is 0.120. The minimum Gasteiger partial charge on any atom is -0.451 e. The number of nitrogens with zero attached hydrogens (tertiary/aromatic N) is 2. The van der Waals surface area contributed by atoms with Crippen molar-refractivity contribution in [1.29, 1.82) is 0 Å². The molecule has 0 amide bonds. The second kappa shape index (κ2) is 5.18. The van der Waals surface area contributed by atoms with Gasteiger partial charge in [-0.1, -0.05) is 6.07 Å². The van der Waals surface area contributed by atoms with Crippen LogP contribution in [0.15, 0.2) is 30.6 Å². The van der Waals surface area contributed by atoms with E-state index in [2.05, 4.69) is 5.10 Å². The monoisotopic (exact) mass is 250 g/mol. The minimum atomic E-state index is -0.698. The maximum atomic E-state index is 13.7. The topological polar surface area (TPSA) is 47.3 Å². The summed E-state index contributed by atoms with van der Waals surface area (Å²) in [6.07, 6.45) is 2.53. The summed E-state index contributed by atoms with van der Waals surface area (Å²) < 4.78 is 20.8. The lowest BCUT2D eigenvalue weighted by Gasteiger charge is -2.08. The van der Waals surface area contributed by atoms with Crippen molar-refractivity contribution in [3.8, 4) is 11.5 Å². The van der Waals surface area contributed by atoms with E-state index in [1.807, 2.05) is 6.92 Å². The predicted octanol–water partition coefficient (Wildman–Crippen LogP) is 2.89. The molecule has 1 heterocycles. The lowest BCUT2D eigenvalue weighted by atomic mass is 10.1. The molecule has 1 unspecified atom stereocenters. The number of rotatable bonds is 4. The van der Waals surface area contributed by atoms with Crippen molar-refractivity contribution in [3.63, 3.8) is 0 Å². The predicted molar refractivity (Wildman–Crippen MR) is 65.0 cm³/mol. The van der Waals surface area contributed by atoms with Crippen LogP contribution in [0.2, 0.25) is 0 Å². The number of aryl methyl sites for hydroxylation is 1. The molecule has 1 aromatic carbocycles. The van der Waals surface area contributed by atoms with Gasteiger partial charge in [-0.3, -0.25) is 4.68 Å². The third kappa shape index (κ3) is 2.68. The molecule has 2 aromatic rings. The number of aliphatic hydroxyl groups excluding tert-OH is 1. The molecule has 0 spiro atoms.